The standard InChI is InChI=1S/C8H15OS/c1-2-3-4-5-6-7-8-10-9/h5-6H,2-4,7-8H2,1H3/q+1. The molecule has 0 atom stereocenters. The summed E-state index contributed by atoms with van der Waals surface area (Å²) in [6.45, 7) is 2.18. The van der Waals surface area contributed by atoms with Crippen molar-refractivity contribution in [3.05, 3.63) is 12.2 Å². The molecule has 0 spiro atoms. The van der Waals surface area contributed by atoms with E-state index in [0.717, 1.165) is 6.42 Å². The maximum atomic E-state index is 9.90. The summed E-state index contributed by atoms with van der Waals surface area (Å²) in [6, 6.07) is 0. The number of hydrogen-bond acceptors (Lipinski definition) is 1. The van der Waals surface area contributed by atoms with Crippen molar-refractivity contribution < 1.29 is 4.21 Å². The van der Waals surface area contributed by atoms with Gasteiger partial charge in [0.1, 0.15) is 0 Å². The Morgan fingerprint density at radius 1 is 1.30 bits per heavy atom. The predicted octanol–water partition coefficient (Wildman–Crippen LogP) is 2.55. The first-order valence-electron chi connectivity index (χ1n) is 3.81. The van der Waals surface area contributed by atoms with E-state index < -0.39 is 0 Å². The monoisotopic (exact) mass is 159 g/mol. The Kier molecular flexibility index (Phi) is 8.55. The number of hydrogen-bond donors (Lipinski definition) is 0. The van der Waals surface area contributed by atoms with E-state index in [1.807, 2.05) is 0 Å². The van der Waals surface area contributed by atoms with Crippen molar-refractivity contribution in [2.45, 2.75) is 32.6 Å². The van der Waals surface area contributed by atoms with Gasteiger partial charge in [0, 0.05) is 10.6 Å². The van der Waals surface area contributed by atoms with Crippen LogP contribution < -0.4 is 0 Å². The van der Waals surface area contributed by atoms with Crippen LogP contribution in [0, 0.1) is 0 Å². The van der Waals surface area contributed by atoms with E-state index in [-0.39, 0.29) is 0 Å². The Morgan fingerprint density at radius 3 is 2.60 bits per heavy atom. The molecule has 0 aromatic carbocycles. The van der Waals surface area contributed by atoms with Gasteiger partial charge in [-0.15, -0.1) is 0 Å². The summed E-state index contributed by atoms with van der Waals surface area (Å²) in [5.41, 5.74) is 0. The molecule has 0 rings (SSSR count). The largest absolute Gasteiger partial charge is 0.458 e. The number of rotatable bonds is 6. The molecule has 0 heterocycles. The zero-order valence-electron chi connectivity index (χ0n) is 6.51. The van der Waals surface area contributed by atoms with E-state index in [4.69, 9.17) is 0 Å². The Bertz CT molecular complexity index is 99.4. The second kappa shape index (κ2) is 8.76. The maximum Gasteiger partial charge on any atom is 0.458 e. The first kappa shape index (κ1) is 9.76. The lowest BCUT2D eigenvalue weighted by molar-refractivity contribution is 0.604. The Hall–Kier alpha value is -0.240. The normalized spacial score (nSPS) is 10.5. The molecule has 0 aliphatic carbocycles. The molecule has 0 aromatic rings. The average Bonchev–Trinajstić information content (AvgIpc) is 1.97. The second-order valence-electron chi connectivity index (χ2n) is 2.22. The van der Waals surface area contributed by atoms with Gasteiger partial charge in [0.05, 0.1) is 0 Å². The Labute approximate surface area is 67.0 Å². The van der Waals surface area contributed by atoms with Gasteiger partial charge in [0.2, 0.25) is 5.75 Å². The highest BCUT2D eigenvalue weighted by Crippen LogP contribution is 1.95. The van der Waals surface area contributed by atoms with Crippen LogP contribution in [0.3, 0.4) is 0 Å². The van der Waals surface area contributed by atoms with Crippen molar-refractivity contribution in [1.82, 2.24) is 0 Å². The Morgan fingerprint density at radius 2 is 2.00 bits per heavy atom. The molecular weight excluding hydrogens is 144 g/mol. The SMILES string of the molecule is CCCCC=CCC[S+]=O. The van der Waals surface area contributed by atoms with Crippen LogP contribution in [0.15, 0.2) is 12.2 Å². The van der Waals surface area contributed by atoms with E-state index in [1.54, 1.807) is 0 Å². The summed E-state index contributed by atoms with van der Waals surface area (Å²) in [5.74, 6) is 0.711. The number of allylic oxidation sites excluding steroid dienone is 2. The van der Waals surface area contributed by atoms with Gasteiger partial charge in [-0.05, 0) is 6.42 Å². The van der Waals surface area contributed by atoms with Crippen molar-refractivity contribution in [1.29, 1.82) is 0 Å². The molecule has 2 heteroatoms. The molecule has 0 radical (unpaired) electrons. The molecule has 0 aliphatic heterocycles. The third-order valence-corrected chi connectivity index (χ3v) is 1.66. The van der Waals surface area contributed by atoms with Crippen LogP contribution in [0.1, 0.15) is 32.6 Å². The average molecular weight is 159 g/mol. The van der Waals surface area contributed by atoms with Gasteiger partial charge in [-0.25, -0.2) is 0 Å². The molecule has 0 saturated carbocycles. The van der Waals surface area contributed by atoms with Gasteiger partial charge in [0.25, 0.3) is 0 Å². The van der Waals surface area contributed by atoms with Gasteiger partial charge >= 0.3 is 11.7 Å². The van der Waals surface area contributed by atoms with E-state index in [9.17, 15) is 4.21 Å². The molecule has 10 heavy (non-hydrogen) atoms. The van der Waals surface area contributed by atoms with Crippen molar-refractivity contribution in [3.63, 3.8) is 0 Å². The van der Waals surface area contributed by atoms with Gasteiger partial charge in [-0.3, -0.25) is 0 Å². The Balaban J connectivity index is 2.96. The summed E-state index contributed by atoms with van der Waals surface area (Å²) >= 11 is 0.664. The molecule has 0 aromatic heterocycles. The van der Waals surface area contributed by atoms with Gasteiger partial charge in [-0.2, -0.15) is 0 Å². The van der Waals surface area contributed by atoms with Gasteiger partial charge in [-0.1, -0.05) is 31.9 Å². The molecule has 0 bridgehead atoms. The van der Waals surface area contributed by atoms with Crippen LogP contribution in [0.5, 0.6) is 0 Å². The highest BCUT2D eigenvalue weighted by Gasteiger charge is 1.90. The van der Waals surface area contributed by atoms with Crippen LogP contribution >= 0.6 is 0 Å². The summed E-state index contributed by atoms with van der Waals surface area (Å²) < 4.78 is 9.90. The van der Waals surface area contributed by atoms with Crippen molar-refractivity contribution in [3.8, 4) is 0 Å². The van der Waals surface area contributed by atoms with Crippen LogP contribution in [0.25, 0.3) is 0 Å². The first-order valence-corrected chi connectivity index (χ1v) is 4.72. The number of unbranched alkanes of at least 4 members (excludes halogenated alkanes) is 2. The summed E-state index contributed by atoms with van der Waals surface area (Å²) in [5, 5.41) is 0. The quantitative estimate of drug-likeness (QED) is 0.331. The molecular formula is C8H15OS+. The van der Waals surface area contributed by atoms with Gasteiger partial charge in [0.15, 0.2) is 0 Å². The summed E-state index contributed by atoms with van der Waals surface area (Å²) in [7, 11) is 0. The van der Waals surface area contributed by atoms with Crippen LogP contribution in [-0.2, 0) is 15.9 Å². The maximum absolute atomic E-state index is 9.90. The molecule has 0 aliphatic rings. The van der Waals surface area contributed by atoms with E-state index >= 15 is 0 Å². The zero-order valence-corrected chi connectivity index (χ0v) is 7.32. The van der Waals surface area contributed by atoms with Crippen LogP contribution in [0.4, 0.5) is 0 Å². The van der Waals surface area contributed by atoms with Crippen molar-refractivity contribution >= 4 is 11.7 Å². The minimum absolute atomic E-state index is 0.664. The fraction of sp³-hybridized carbons (Fsp3) is 0.750. The molecule has 1 nitrogen and oxygen atoms in total. The molecule has 0 amide bonds. The van der Waals surface area contributed by atoms with E-state index in [2.05, 4.69) is 19.1 Å². The second-order valence-corrected chi connectivity index (χ2v) is 2.87. The van der Waals surface area contributed by atoms with Crippen LogP contribution in [0.2, 0.25) is 0 Å². The van der Waals surface area contributed by atoms with E-state index in [1.165, 1.54) is 19.3 Å². The lowest BCUT2D eigenvalue weighted by atomic mass is 10.2. The van der Waals surface area contributed by atoms with Gasteiger partial charge < -0.3 is 0 Å². The van der Waals surface area contributed by atoms with Crippen molar-refractivity contribution in [2.24, 2.45) is 0 Å². The zero-order chi connectivity index (χ0) is 7.66. The van der Waals surface area contributed by atoms with Crippen molar-refractivity contribution in [2.75, 3.05) is 5.75 Å². The molecule has 0 fully saturated rings. The lowest BCUT2D eigenvalue weighted by Gasteiger charge is -1.85. The van der Waals surface area contributed by atoms with E-state index in [0.29, 0.717) is 17.4 Å². The lowest BCUT2D eigenvalue weighted by Crippen LogP contribution is -1.75. The smallest absolute Gasteiger partial charge is 0.0883 e. The minimum atomic E-state index is 0.664. The predicted molar refractivity (Wildman–Crippen MR) is 46.2 cm³/mol. The fourth-order valence-electron chi connectivity index (χ4n) is 0.674. The van der Waals surface area contributed by atoms with Crippen LogP contribution in [-0.4, -0.2) is 5.75 Å². The molecule has 0 N–H and O–H groups in total. The highest BCUT2D eigenvalue weighted by molar-refractivity contribution is 7.65. The molecule has 0 unspecified atom stereocenters. The topological polar surface area (TPSA) is 17.1 Å². The highest BCUT2D eigenvalue weighted by atomic mass is 32.1. The summed E-state index contributed by atoms with van der Waals surface area (Å²) in [6.07, 6.45) is 8.87. The fourth-order valence-corrected chi connectivity index (χ4v) is 0.906. The third kappa shape index (κ3) is 7.76. The summed E-state index contributed by atoms with van der Waals surface area (Å²) in [4.78, 5) is 0. The third-order valence-electron chi connectivity index (χ3n) is 1.26. The first-order chi connectivity index (χ1) is 4.91. The molecule has 58 valence electrons. The molecule has 0 saturated heterocycles. The minimum Gasteiger partial charge on any atom is -0.0883 e.